The van der Waals surface area contributed by atoms with E-state index in [1.807, 2.05) is 6.92 Å². The molecule has 0 saturated carbocycles. The number of aliphatic hydroxyl groups excluding tert-OH is 1. The van der Waals surface area contributed by atoms with Gasteiger partial charge in [-0.15, -0.1) is 68.0 Å². The molecule has 11 rings (SSSR count). The van der Waals surface area contributed by atoms with E-state index in [9.17, 15) is 39.0 Å². The number of primary amides is 2. The number of nitrogens with one attached hydrogen (secondary N) is 3. The fourth-order valence-corrected chi connectivity index (χ4v) is 15.4. The number of fused-ring (bicyclic) bond motifs is 16. The predicted molar refractivity (Wildman–Crippen MR) is 327 cm³/mol. The molecule has 9 heterocycles. The van der Waals surface area contributed by atoms with Crippen molar-refractivity contribution < 1.29 is 48.5 Å². The molecule has 446 valence electrons. The molecule has 9 aromatic rings. The molecule has 0 aliphatic carbocycles. The van der Waals surface area contributed by atoms with Crippen LogP contribution in [0.4, 0.5) is 4.79 Å². The lowest BCUT2D eigenvalue weighted by Crippen LogP contribution is -2.50. The summed E-state index contributed by atoms with van der Waals surface area (Å²) in [5.74, 6) is -5.61. The van der Waals surface area contributed by atoms with E-state index in [0.717, 1.165) is 45.3 Å². The van der Waals surface area contributed by atoms with Crippen LogP contribution in [0.3, 0.4) is 0 Å². The Bertz CT molecular complexity index is 4090. The molecular weight excluding hydrogens is 1230 g/mol. The number of hydrogen-bond donors (Lipinski definition) is 8. The average molecular weight is 1290 g/mol. The van der Waals surface area contributed by atoms with Gasteiger partial charge in [-0.2, -0.15) is 0 Å². The molecule has 0 spiro atoms. The number of nitrogens with two attached hydrogens (primary N) is 3. The van der Waals surface area contributed by atoms with Crippen LogP contribution in [0.5, 0.6) is 5.75 Å². The minimum Gasteiger partial charge on any atom is -0.508 e. The number of aromatic nitrogens is 7. The van der Waals surface area contributed by atoms with E-state index < -0.39 is 83.6 Å². The van der Waals surface area contributed by atoms with E-state index in [-0.39, 0.29) is 77.4 Å². The summed E-state index contributed by atoms with van der Waals surface area (Å²) in [6.45, 7) is 3.67. The number of benzene rings is 2. The number of phenolic OH excluding ortho intramolecular Hbond substituents is 1. The molecule has 7 aromatic heterocycles. The first kappa shape index (κ1) is 60.1. The number of ketones is 1. The van der Waals surface area contributed by atoms with Crippen molar-refractivity contribution in [1.82, 2.24) is 55.7 Å². The number of thiazole rings is 6. The fourth-order valence-electron chi connectivity index (χ4n) is 10.1. The highest BCUT2D eigenvalue weighted by Gasteiger charge is 2.48. The first-order chi connectivity index (χ1) is 41.9. The zero-order valence-corrected chi connectivity index (χ0v) is 50.8. The normalized spacial score (nSPS) is 19.4. The third kappa shape index (κ3) is 13.1. The second-order valence-corrected chi connectivity index (χ2v) is 25.9. The van der Waals surface area contributed by atoms with E-state index >= 15 is 4.79 Å². The molecule has 1 saturated heterocycles. The maximum atomic E-state index is 15.5. The number of phenols is 1. The largest absolute Gasteiger partial charge is 0.508 e. The summed E-state index contributed by atoms with van der Waals surface area (Å²) in [6.07, 6.45) is -3.74. The molecule has 0 unspecified atom stereocenters. The van der Waals surface area contributed by atoms with Crippen LogP contribution in [0.25, 0.3) is 43.4 Å². The monoisotopic (exact) mass is 1280 g/mol. The minimum atomic E-state index is -1.32. The number of nitrogens with zero attached hydrogens (tertiary/aromatic N) is 8. The van der Waals surface area contributed by atoms with E-state index in [1.54, 1.807) is 72.3 Å². The third-order valence-electron chi connectivity index (χ3n) is 14.4. The van der Waals surface area contributed by atoms with E-state index in [0.29, 0.717) is 64.4 Å². The summed E-state index contributed by atoms with van der Waals surface area (Å²) >= 11 is 6.91. The lowest BCUT2D eigenvalue weighted by atomic mass is 9.90. The van der Waals surface area contributed by atoms with Gasteiger partial charge in [0.25, 0.3) is 17.7 Å². The highest BCUT2D eigenvalue weighted by molar-refractivity contribution is 7.15. The zero-order valence-electron chi connectivity index (χ0n) is 45.9. The Balaban J connectivity index is 1.03. The Morgan fingerprint density at radius 3 is 2.11 bits per heavy atom. The van der Waals surface area contributed by atoms with Crippen molar-refractivity contribution >= 4 is 109 Å². The van der Waals surface area contributed by atoms with Gasteiger partial charge in [0.2, 0.25) is 11.8 Å². The molecule has 11 N–H and O–H groups in total. The number of alkyl carbamates (subject to hydrolysis) is 1. The van der Waals surface area contributed by atoms with Crippen LogP contribution in [0, 0.1) is 12.8 Å². The number of rotatable bonds is 11. The van der Waals surface area contributed by atoms with Crippen molar-refractivity contribution in [1.29, 1.82) is 0 Å². The van der Waals surface area contributed by atoms with E-state index in [4.69, 9.17) is 46.9 Å². The van der Waals surface area contributed by atoms with Crippen LogP contribution in [-0.4, -0.2) is 123 Å². The van der Waals surface area contributed by atoms with Crippen molar-refractivity contribution in [2.45, 2.75) is 69.4 Å². The zero-order chi connectivity index (χ0) is 61.2. The van der Waals surface area contributed by atoms with E-state index in [2.05, 4.69) is 25.9 Å². The van der Waals surface area contributed by atoms with Gasteiger partial charge in [-0.1, -0.05) is 49.4 Å². The Morgan fingerprint density at radius 1 is 0.724 bits per heavy atom. The molecule has 2 aliphatic rings. The van der Waals surface area contributed by atoms with Crippen LogP contribution in [0.1, 0.15) is 117 Å². The fraction of sp³-hybridized carbons (Fsp3) is 0.263. The standard InChI is InChI=1S/C57H52N14O10S6/c1-25-41(81-57(80)61-15-14-58)19-71-45(25)55-69-39(24-86-55)53-65-35(20-84-53)44-30(12-13-32(62-44)52-66-36(21-85-52)47(60)76)50-67-37(22-82-50)48(77)63-33(18-42(59)74)54-70-43(26(2)87-54)40(73)17-31(46(75)28-6-4-3-5-7-28)51-68-38(23-83-51)49(78)64-34(56(71)79)16-27-8-10-29(72)11-9-27/h3-13,20-25,31,33-34,41,45-46,72,75H,14-19,58H2,1-2H3,(H2,59,74)(H2,60,76)(H,61,80)(H,63,77)(H,64,78)/t25-,31-,33-,34-,41-,45-,46+/m0/s1. The lowest BCUT2D eigenvalue weighted by molar-refractivity contribution is -0.134. The molecule has 10 bridgehead atoms. The summed E-state index contributed by atoms with van der Waals surface area (Å²) in [7, 11) is 0. The molecule has 2 aromatic carbocycles. The minimum absolute atomic E-state index is 0.0125. The van der Waals surface area contributed by atoms with Crippen LogP contribution < -0.4 is 33.2 Å². The van der Waals surface area contributed by atoms with Crippen LogP contribution in [-0.2, 0) is 20.7 Å². The molecule has 7 atom stereocenters. The van der Waals surface area contributed by atoms with Gasteiger partial charge in [-0.05, 0) is 42.3 Å². The molecule has 24 nitrogen and oxygen atoms in total. The second kappa shape index (κ2) is 25.8. The number of amides is 6. The first-order valence-electron chi connectivity index (χ1n) is 26.9. The molecule has 6 amide bonds. The molecule has 87 heavy (non-hydrogen) atoms. The van der Waals surface area contributed by atoms with Gasteiger partial charge < -0.3 is 53.0 Å². The Hall–Kier alpha value is -8.62. The van der Waals surface area contributed by atoms with Gasteiger partial charge in [0, 0.05) is 75.1 Å². The first-order valence-corrected chi connectivity index (χ1v) is 32.1. The van der Waals surface area contributed by atoms with Crippen LogP contribution in [0.15, 0.2) is 93.6 Å². The number of Topliss-reactive ketones (excluding diaryl/α,β-unsaturated/α-hetero) is 1. The van der Waals surface area contributed by atoms with Gasteiger partial charge >= 0.3 is 6.09 Å². The number of aliphatic hydroxyl groups is 1. The van der Waals surface area contributed by atoms with Crippen LogP contribution in [0.2, 0.25) is 0 Å². The number of aryl methyl sites for hydroxylation is 1. The maximum absolute atomic E-state index is 15.5. The Morgan fingerprint density at radius 2 is 1.38 bits per heavy atom. The summed E-state index contributed by atoms with van der Waals surface area (Å²) in [6, 6.07) is 15.0. The number of pyridine rings is 1. The maximum Gasteiger partial charge on any atom is 0.407 e. The SMILES string of the molecule is Cc1sc2nc1C(=O)C[C@@H]([C@H](O)c1ccccc1)c1nc(cs1)C(=O)N[C@@H](Cc1ccc(O)cc1)C(=O)N1C[C@H](OC(=O)NCCN)[C@H](C)[C@H]1c1nc(cs1)-c1nc(cs1)-c1nc(-c3nc(C(N)=O)cs3)ccc1-c1nc(cs1)C(=O)N[C@H]2CC(N)=O. The summed E-state index contributed by atoms with van der Waals surface area (Å²) in [5, 5.41) is 40.9. The highest BCUT2D eigenvalue weighted by Crippen LogP contribution is 2.44. The highest BCUT2D eigenvalue weighted by atomic mass is 32.1. The number of carbonyl (C=O) groups is 7. The van der Waals surface area contributed by atoms with E-state index in [1.165, 1.54) is 55.8 Å². The van der Waals surface area contributed by atoms with Crippen molar-refractivity contribution in [3.05, 3.63) is 147 Å². The van der Waals surface area contributed by atoms with Gasteiger partial charge in [-0.25, -0.2) is 39.7 Å². The lowest BCUT2D eigenvalue weighted by Gasteiger charge is -2.29. The number of ether oxygens (including phenoxy) is 1. The average Bonchev–Trinajstić information content (AvgIpc) is 1.86. The van der Waals surface area contributed by atoms with Gasteiger partial charge in [0.15, 0.2) is 5.78 Å². The second-order valence-electron chi connectivity index (χ2n) is 20.3. The molecule has 30 heteroatoms. The smallest absolute Gasteiger partial charge is 0.407 e. The Kier molecular flexibility index (Phi) is 17.8. The number of aromatic hydroxyl groups is 1. The summed E-state index contributed by atoms with van der Waals surface area (Å²) < 4.78 is 5.96. The van der Waals surface area contributed by atoms with Gasteiger partial charge in [0.1, 0.15) is 82.8 Å². The molecule has 0 radical (unpaired) electrons. The Labute approximate surface area is 519 Å². The molecule has 2 aliphatic heterocycles. The van der Waals surface area contributed by atoms with Crippen molar-refractivity contribution in [3.63, 3.8) is 0 Å². The van der Waals surface area contributed by atoms with Crippen molar-refractivity contribution in [3.8, 4) is 49.1 Å². The molecular formula is C57H52N14O10S6. The topological polar surface area (TPSA) is 377 Å². The third-order valence-corrected chi connectivity index (χ3v) is 20.0. The van der Waals surface area contributed by atoms with Gasteiger partial charge in [0.05, 0.1) is 41.9 Å². The van der Waals surface area contributed by atoms with Gasteiger partial charge in [-0.3, -0.25) is 28.8 Å². The molecule has 1 fully saturated rings. The number of hydrogen-bond acceptors (Lipinski definition) is 24. The summed E-state index contributed by atoms with van der Waals surface area (Å²) in [4.78, 5) is 133. The quantitative estimate of drug-likeness (QED) is 0.0648. The summed E-state index contributed by atoms with van der Waals surface area (Å²) in [5.41, 5.74) is 20.0. The van der Waals surface area contributed by atoms with Crippen molar-refractivity contribution in [2.75, 3.05) is 19.6 Å². The van der Waals surface area contributed by atoms with Crippen molar-refractivity contribution in [2.24, 2.45) is 23.1 Å². The number of carbonyl (C=O) groups excluding carboxylic acids is 7. The van der Waals surface area contributed by atoms with Crippen LogP contribution >= 0.6 is 68.0 Å². The predicted octanol–water partition coefficient (Wildman–Crippen LogP) is 6.97.